The van der Waals surface area contributed by atoms with Gasteiger partial charge in [0.25, 0.3) is 6.43 Å². The van der Waals surface area contributed by atoms with Crippen LogP contribution in [0.15, 0.2) is 15.3 Å². The molecule has 0 saturated carbocycles. The fraction of sp³-hybridized carbons (Fsp3) is 0.333. The van der Waals surface area contributed by atoms with Crippen LogP contribution in [0.1, 0.15) is 17.6 Å². The van der Waals surface area contributed by atoms with Crippen molar-refractivity contribution in [1.82, 2.24) is 4.98 Å². The Morgan fingerprint density at radius 3 is 2.69 bits per heavy atom. The molecule has 0 spiro atoms. The second kappa shape index (κ2) is 5.67. The lowest BCUT2D eigenvalue weighted by atomic mass is 10.1. The van der Waals surface area contributed by atoms with Gasteiger partial charge in [-0.15, -0.1) is 0 Å². The van der Waals surface area contributed by atoms with E-state index in [9.17, 15) is 13.6 Å². The molecule has 0 aliphatic carbocycles. The molecule has 0 radical (unpaired) electrons. The first-order valence-electron chi connectivity index (χ1n) is 4.15. The fourth-order valence-corrected chi connectivity index (χ4v) is 2.36. The second-order valence-electron chi connectivity index (χ2n) is 2.85. The van der Waals surface area contributed by atoms with E-state index in [1.54, 1.807) is 0 Å². The number of ether oxygens (including phenoxy) is 1. The maximum Gasteiger partial charge on any atom is 0.310 e. The van der Waals surface area contributed by atoms with Gasteiger partial charge in [-0.3, -0.25) is 4.79 Å². The summed E-state index contributed by atoms with van der Waals surface area (Å²) in [6.07, 6.45) is -1.71. The van der Waals surface area contributed by atoms with Gasteiger partial charge in [0.15, 0.2) is 0 Å². The summed E-state index contributed by atoms with van der Waals surface area (Å²) >= 11 is 6.13. The normalized spacial score (nSPS) is 10.6. The molecule has 0 atom stereocenters. The Kier molecular flexibility index (Phi) is 4.79. The van der Waals surface area contributed by atoms with Gasteiger partial charge in [-0.05, 0) is 31.9 Å². The lowest BCUT2D eigenvalue weighted by Gasteiger charge is -2.09. The predicted molar refractivity (Wildman–Crippen MR) is 60.3 cm³/mol. The van der Waals surface area contributed by atoms with Gasteiger partial charge in [-0.1, -0.05) is 0 Å². The molecule has 0 aliphatic heterocycles. The summed E-state index contributed by atoms with van der Waals surface area (Å²) < 4.78 is 30.1. The molecule has 1 heterocycles. The maximum absolute atomic E-state index is 12.6. The molecule has 7 heteroatoms. The zero-order valence-electron chi connectivity index (χ0n) is 8.14. The van der Waals surface area contributed by atoms with E-state index in [4.69, 9.17) is 0 Å². The van der Waals surface area contributed by atoms with Gasteiger partial charge in [0.05, 0.1) is 19.1 Å². The molecule has 0 N–H and O–H groups in total. The number of hydrogen-bond acceptors (Lipinski definition) is 3. The number of halogens is 4. The smallest absolute Gasteiger partial charge is 0.310 e. The summed E-state index contributed by atoms with van der Waals surface area (Å²) in [5, 5.41) is 0. The van der Waals surface area contributed by atoms with Gasteiger partial charge in [0, 0.05) is 16.2 Å². The van der Waals surface area contributed by atoms with Crippen LogP contribution in [0.2, 0.25) is 0 Å². The molecule has 1 aromatic heterocycles. The lowest BCUT2D eigenvalue weighted by Crippen LogP contribution is -2.07. The van der Waals surface area contributed by atoms with Crippen LogP contribution in [-0.2, 0) is 16.0 Å². The number of alkyl halides is 2. The van der Waals surface area contributed by atoms with Gasteiger partial charge in [0.1, 0.15) is 4.60 Å². The Hall–Kier alpha value is -0.560. The molecule has 88 valence electrons. The predicted octanol–water partition coefficient (Wildman–Crippen LogP) is 3.26. The first-order chi connectivity index (χ1) is 7.47. The van der Waals surface area contributed by atoms with E-state index in [0.29, 0.717) is 10.2 Å². The zero-order valence-corrected chi connectivity index (χ0v) is 11.3. The van der Waals surface area contributed by atoms with Crippen LogP contribution in [0.4, 0.5) is 8.78 Å². The maximum atomic E-state index is 12.6. The van der Waals surface area contributed by atoms with Crippen molar-refractivity contribution in [3.05, 3.63) is 26.4 Å². The van der Waals surface area contributed by atoms with Gasteiger partial charge in [-0.25, -0.2) is 13.8 Å². The summed E-state index contributed by atoms with van der Waals surface area (Å²) in [5.74, 6) is -0.519. The molecule has 0 unspecified atom stereocenters. The highest BCUT2D eigenvalue weighted by atomic mass is 79.9. The zero-order chi connectivity index (χ0) is 12.3. The number of hydrogen-bond donors (Lipinski definition) is 0. The molecular weight excluding hydrogens is 352 g/mol. The summed E-state index contributed by atoms with van der Waals surface area (Å²) in [6.45, 7) is 0. The molecule has 1 aromatic rings. The van der Waals surface area contributed by atoms with Crippen molar-refractivity contribution in [3.8, 4) is 0 Å². The molecule has 0 amide bonds. The molecule has 0 bridgehead atoms. The molecule has 0 aliphatic rings. The van der Waals surface area contributed by atoms with Crippen LogP contribution in [-0.4, -0.2) is 18.1 Å². The highest BCUT2D eigenvalue weighted by Crippen LogP contribution is 2.33. The number of nitrogens with zero attached hydrogens (tertiary/aromatic N) is 1. The van der Waals surface area contributed by atoms with Crippen LogP contribution in [0.25, 0.3) is 0 Å². The quantitative estimate of drug-likeness (QED) is 0.615. The topological polar surface area (TPSA) is 39.2 Å². The minimum atomic E-state index is -2.65. The number of esters is 1. The molecule has 0 aromatic carbocycles. The third kappa shape index (κ3) is 2.98. The highest BCUT2D eigenvalue weighted by Gasteiger charge is 2.19. The van der Waals surface area contributed by atoms with Gasteiger partial charge >= 0.3 is 5.97 Å². The van der Waals surface area contributed by atoms with Crippen molar-refractivity contribution in [2.45, 2.75) is 12.8 Å². The summed E-state index contributed by atoms with van der Waals surface area (Å²) in [7, 11) is 1.23. The first-order valence-corrected chi connectivity index (χ1v) is 5.73. The van der Waals surface area contributed by atoms with Gasteiger partial charge in [0.2, 0.25) is 0 Å². The average Bonchev–Trinajstić information content (AvgIpc) is 2.23. The van der Waals surface area contributed by atoms with E-state index in [0.717, 1.165) is 6.20 Å². The third-order valence-electron chi connectivity index (χ3n) is 1.87. The van der Waals surface area contributed by atoms with E-state index in [1.165, 1.54) is 7.11 Å². The SMILES string of the molecule is COC(=O)Cc1c(Br)ncc(C(F)F)c1Br. The summed E-state index contributed by atoms with van der Waals surface area (Å²) in [5.41, 5.74) is 0.103. The Morgan fingerprint density at radius 1 is 1.56 bits per heavy atom. The van der Waals surface area contributed by atoms with Crippen LogP contribution >= 0.6 is 31.9 Å². The standard InChI is InChI=1S/C9H7Br2F2NO2/c1-16-6(15)2-4-7(10)5(9(12)13)3-14-8(4)11/h3,9H,2H2,1H3. The number of rotatable bonds is 3. The van der Waals surface area contributed by atoms with Crippen molar-refractivity contribution in [2.24, 2.45) is 0 Å². The van der Waals surface area contributed by atoms with Gasteiger partial charge in [-0.2, -0.15) is 0 Å². The van der Waals surface area contributed by atoms with Crippen LogP contribution in [0, 0.1) is 0 Å². The van der Waals surface area contributed by atoms with Crippen molar-refractivity contribution in [2.75, 3.05) is 7.11 Å². The Morgan fingerprint density at radius 2 is 2.19 bits per heavy atom. The number of carbonyl (C=O) groups is 1. The van der Waals surface area contributed by atoms with E-state index in [2.05, 4.69) is 41.6 Å². The second-order valence-corrected chi connectivity index (χ2v) is 4.39. The van der Waals surface area contributed by atoms with Crippen molar-refractivity contribution in [1.29, 1.82) is 0 Å². The van der Waals surface area contributed by atoms with Crippen LogP contribution in [0.3, 0.4) is 0 Å². The number of aromatic nitrogens is 1. The van der Waals surface area contributed by atoms with E-state index < -0.39 is 12.4 Å². The molecule has 0 fully saturated rings. The highest BCUT2D eigenvalue weighted by molar-refractivity contribution is 9.11. The lowest BCUT2D eigenvalue weighted by molar-refractivity contribution is -0.139. The van der Waals surface area contributed by atoms with Crippen LogP contribution in [0.5, 0.6) is 0 Å². The number of carbonyl (C=O) groups excluding carboxylic acids is 1. The monoisotopic (exact) mass is 357 g/mol. The number of pyridine rings is 1. The summed E-state index contributed by atoms with van der Waals surface area (Å²) in [6, 6.07) is 0. The third-order valence-corrected chi connectivity index (χ3v) is 3.49. The molecule has 1 rings (SSSR count). The summed E-state index contributed by atoms with van der Waals surface area (Å²) in [4.78, 5) is 14.8. The Bertz CT molecular complexity index is 413. The van der Waals surface area contributed by atoms with E-state index >= 15 is 0 Å². The largest absolute Gasteiger partial charge is 0.469 e. The number of methoxy groups -OCH3 is 1. The first kappa shape index (κ1) is 13.5. The van der Waals surface area contributed by atoms with Crippen molar-refractivity contribution in [3.63, 3.8) is 0 Å². The molecule has 16 heavy (non-hydrogen) atoms. The molecule has 3 nitrogen and oxygen atoms in total. The van der Waals surface area contributed by atoms with Crippen molar-refractivity contribution >= 4 is 37.8 Å². The van der Waals surface area contributed by atoms with Crippen LogP contribution < -0.4 is 0 Å². The van der Waals surface area contributed by atoms with Gasteiger partial charge < -0.3 is 4.74 Å². The average molecular weight is 359 g/mol. The molecule has 0 saturated heterocycles. The Labute approximate surface area is 107 Å². The minimum absolute atomic E-state index is 0.120. The minimum Gasteiger partial charge on any atom is -0.469 e. The van der Waals surface area contributed by atoms with Crippen molar-refractivity contribution < 1.29 is 18.3 Å². The van der Waals surface area contributed by atoms with E-state index in [-0.39, 0.29) is 16.5 Å². The van der Waals surface area contributed by atoms with E-state index in [1.807, 2.05) is 0 Å². The molecular formula is C9H7Br2F2NO2. The Balaban J connectivity index is 3.16. The fourth-order valence-electron chi connectivity index (χ4n) is 1.04.